The van der Waals surface area contributed by atoms with E-state index in [1.165, 1.54) is 11.8 Å². The van der Waals surface area contributed by atoms with E-state index >= 15 is 0 Å². The molecule has 0 bridgehead atoms. The first kappa shape index (κ1) is 22.4. The summed E-state index contributed by atoms with van der Waals surface area (Å²) in [4.78, 5) is 25.2. The van der Waals surface area contributed by atoms with Crippen molar-refractivity contribution in [2.75, 3.05) is 6.54 Å². The van der Waals surface area contributed by atoms with Gasteiger partial charge in [0, 0.05) is 18.5 Å². The molecule has 0 aromatic heterocycles. The zero-order valence-electron chi connectivity index (χ0n) is 15.9. The number of amides is 1. The molecule has 1 aromatic rings. The monoisotopic (exact) mass is 421 g/mol. The van der Waals surface area contributed by atoms with Crippen LogP contribution >= 0.6 is 24.0 Å². The van der Waals surface area contributed by atoms with Crippen LogP contribution in [0.5, 0.6) is 5.75 Å². The molecule has 28 heavy (non-hydrogen) atoms. The van der Waals surface area contributed by atoms with Gasteiger partial charge >= 0.3 is 5.97 Å². The van der Waals surface area contributed by atoms with E-state index in [2.05, 4.69) is 0 Å². The number of thioether (sulfide) groups is 1. The van der Waals surface area contributed by atoms with E-state index in [0.717, 1.165) is 51.4 Å². The third-order valence-corrected chi connectivity index (χ3v) is 6.00. The summed E-state index contributed by atoms with van der Waals surface area (Å²) in [5, 5.41) is 18.5. The first-order chi connectivity index (χ1) is 13.5. The van der Waals surface area contributed by atoms with Crippen molar-refractivity contribution in [3.8, 4) is 5.75 Å². The van der Waals surface area contributed by atoms with Gasteiger partial charge in [0.15, 0.2) is 0 Å². The van der Waals surface area contributed by atoms with E-state index < -0.39 is 5.97 Å². The number of carbonyl (C=O) groups excluding carboxylic acids is 1. The lowest BCUT2D eigenvalue weighted by Gasteiger charge is -2.14. The van der Waals surface area contributed by atoms with E-state index in [0.29, 0.717) is 21.3 Å². The van der Waals surface area contributed by atoms with Crippen molar-refractivity contribution in [3.63, 3.8) is 0 Å². The van der Waals surface area contributed by atoms with Crippen molar-refractivity contribution in [1.29, 1.82) is 0 Å². The van der Waals surface area contributed by atoms with Crippen LogP contribution in [-0.4, -0.2) is 37.9 Å². The fourth-order valence-electron chi connectivity index (χ4n) is 3.05. The molecule has 5 nitrogen and oxygen atoms in total. The summed E-state index contributed by atoms with van der Waals surface area (Å²) in [5.41, 5.74) is 0.617. The van der Waals surface area contributed by atoms with Gasteiger partial charge in [-0.1, -0.05) is 80.7 Å². The number of para-hydroxylation sites is 1. The Hall–Kier alpha value is -1.86. The van der Waals surface area contributed by atoms with Crippen molar-refractivity contribution < 1.29 is 19.8 Å². The predicted molar refractivity (Wildman–Crippen MR) is 117 cm³/mol. The second kappa shape index (κ2) is 11.9. The van der Waals surface area contributed by atoms with Crippen LogP contribution in [0, 0.1) is 0 Å². The van der Waals surface area contributed by atoms with Crippen LogP contribution in [0.3, 0.4) is 0 Å². The number of aromatic hydroxyl groups is 1. The van der Waals surface area contributed by atoms with Crippen molar-refractivity contribution in [2.24, 2.45) is 0 Å². The van der Waals surface area contributed by atoms with E-state index in [-0.39, 0.29) is 18.1 Å². The number of carboxylic acid groups (broad SMARTS) is 1. The Morgan fingerprint density at radius 3 is 2.29 bits per heavy atom. The largest absolute Gasteiger partial charge is 0.507 e. The first-order valence-electron chi connectivity index (χ1n) is 9.74. The summed E-state index contributed by atoms with van der Waals surface area (Å²) < 4.78 is 0.574. The number of carbonyl (C=O) groups is 2. The molecule has 2 rings (SSSR count). The van der Waals surface area contributed by atoms with Gasteiger partial charge in [-0.15, -0.1) is 0 Å². The topological polar surface area (TPSA) is 77.8 Å². The molecule has 0 atom stereocenters. The zero-order chi connectivity index (χ0) is 20.4. The summed E-state index contributed by atoms with van der Waals surface area (Å²) in [6.45, 7) is 0.626. The average molecular weight is 422 g/mol. The number of rotatable bonds is 12. The standard InChI is InChI=1S/C21H27NO4S2/c23-17-12-9-8-11-16(17)15-18-20(26)22(21(27)28-18)14-10-6-4-2-1-3-5-7-13-19(24)25/h8-9,11-12,15,23H,1-7,10,13-14H2,(H,24,25)/b18-15-. The molecule has 152 valence electrons. The summed E-state index contributed by atoms with van der Waals surface area (Å²) in [7, 11) is 0. The molecule has 1 fully saturated rings. The molecule has 7 heteroatoms. The van der Waals surface area contributed by atoms with Crippen molar-refractivity contribution in [3.05, 3.63) is 34.7 Å². The van der Waals surface area contributed by atoms with Crippen LogP contribution in [0.2, 0.25) is 0 Å². The third-order valence-electron chi connectivity index (χ3n) is 4.62. The van der Waals surface area contributed by atoms with Crippen LogP contribution in [0.4, 0.5) is 0 Å². The number of carboxylic acids is 1. The predicted octanol–water partition coefficient (Wildman–Crippen LogP) is 5.19. The number of benzene rings is 1. The quantitative estimate of drug-likeness (QED) is 0.275. The lowest BCUT2D eigenvalue weighted by molar-refractivity contribution is -0.137. The second-order valence-corrected chi connectivity index (χ2v) is 8.54. The minimum atomic E-state index is -0.717. The molecule has 1 saturated heterocycles. The number of hydrogen-bond acceptors (Lipinski definition) is 5. The fraction of sp³-hybridized carbons (Fsp3) is 0.476. The number of hydrogen-bond donors (Lipinski definition) is 2. The minimum Gasteiger partial charge on any atom is -0.507 e. The van der Waals surface area contributed by atoms with Crippen LogP contribution in [0.25, 0.3) is 6.08 Å². The van der Waals surface area contributed by atoms with E-state index in [4.69, 9.17) is 17.3 Å². The Bertz CT molecular complexity index is 733. The number of thiocarbonyl (C=S) groups is 1. The molecule has 1 aliphatic rings. The van der Waals surface area contributed by atoms with Crippen LogP contribution < -0.4 is 0 Å². The number of unbranched alkanes of at least 4 members (excludes halogenated alkanes) is 7. The Morgan fingerprint density at radius 1 is 1.04 bits per heavy atom. The number of nitrogens with zero attached hydrogens (tertiary/aromatic N) is 1. The lowest BCUT2D eigenvalue weighted by atomic mass is 10.1. The molecule has 1 heterocycles. The number of phenolic OH excluding ortho intramolecular Hbond substituents is 1. The van der Waals surface area contributed by atoms with Crippen LogP contribution in [0.1, 0.15) is 63.4 Å². The highest BCUT2D eigenvalue weighted by atomic mass is 32.2. The zero-order valence-corrected chi connectivity index (χ0v) is 17.6. The van der Waals surface area contributed by atoms with Gasteiger partial charge in [-0.3, -0.25) is 14.5 Å². The molecule has 2 N–H and O–H groups in total. The summed E-state index contributed by atoms with van der Waals surface area (Å²) >= 11 is 6.63. The third kappa shape index (κ3) is 7.28. The van der Waals surface area contributed by atoms with E-state index in [1.807, 2.05) is 6.07 Å². The van der Waals surface area contributed by atoms with E-state index in [9.17, 15) is 14.7 Å². The van der Waals surface area contributed by atoms with Gasteiger partial charge in [0.1, 0.15) is 10.1 Å². The second-order valence-electron chi connectivity index (χ2n) is 6.86. The summed E-state index contributed by atoms with van der Waals surface area (Å²) in [6, 6.07) is 6.93. The van der Waals surface area contributed by atoms with Gasteiger partial charge in [0.2, 0.25) is 0 Å². The van der Waals surface area contributed by atoms with Gasteiger partial charge in [-0.05, 0) is 25.0 Å². The molecule has 0 radical (unpaired) electrons. The molecule has 0 spiro atoms. The number of phenols is 1. The van der Waals surface area contributed by atoms with Crippen molar-refractivity contribution >= 4 is 46.3 Å². The Balaban J connectivity index is 1.65. The summed E-state index contributed by atoms with van der Waals surface area (Å²) in [6.07, 6.45) is 10.1. The molecule has 1 aromatic carbocycles. The van der Waals surface area contributed by atoms with Gasteiger partial charge < -0.3 is 10.2 Å². The maximum atomic E-state index is 12.6. The molecule has 0 saturated carbocycles. The molecule has 1 amide bonds. The van der Waals surface area contributed by atoms with Crippen LogP contribution in [-0.2, 0) is 9.59 Å². The minimum absolute atomic E-state index is 0.0864. The maximum Gasteiger partial charge on any atom is 0.303 e. The van der Waals surface area contributed by atoms with Gasteiger partial charge in [-0.25, -0.2) is 0 Å². The molecule has 1 aliphatic heterocycles. The van der Waals surface area contributed by atoms with E-state index in [1.54, 1.807) is 29.2 Å². The lowest BCUT2D eigenvalue weighted by Crippen LogP contribution is -2.29. The maximum absolute atomic E-state index is 12.6. The molecule has 0 aliphatic carbocycles. The van der Waals surface area contributed by atoms with Gasteiger partial charge in [0.25, 0.3) is 5.91 Å². The Kier molecular flexibility index (Phi) is 9.50. The summed E-state index contributed by atoms with van der Waals surface area (Å²) in [5.74, 6) is -0.654. The van der Waals surface area contributed by atoms with Gasteiger partial charge in [0.05, 0.1) is 4.91 Å². The highest BCUT2D eigenvalue weighted by Crippen LogP contribution is 2.34. The normalized spacial score (nSPS) is 15.6. The van der Waals surface area contributed by atoms with Crippen LogP contribution in [0.15, 0.2) is 29.2 Å². The average Bonchev–Trinajstić information content (AvgIpc) is 2.92. The first-order valence-corrected chi connectivity index (χ1v) is 11.0. The molecule has 0 unspecified atom stereocenters. The highest BCUT2D eigenvalue weighted by molar-refractivity contribution is 8.26. The van der Waals surface area contributed by atoms with Crippen molar-refractivity contribution in [1.82, 2.24) is 4.90 Å². The molecular formula is C21H27NO4S2. The Labute approximate surface area is 175 Å². The Morgan fingerprint density at radius 2 is 1.64 bits per heavy atom. The molecular weight excluding hydrogens is 394 g/mol. The van der Waals surface area contributed by atoms with Crippen molar-refractivity contribution in [2.45, 2.75) is 57.8 Å². The highest BCUT2D eigenvalue weighted by Gasteiger charge is 2.31. The smallest absolute Gasteiger partial charge is 0.303 e. The SMILES string of the molecule is O=C(O)CCCCCCCCCCN1C(=O)/C(=C/c2ccccc2O)SC1=S. The van der Waals surface area contributed by atoms with Gasteiger partial charge in [-0.2, -0.15) is 0 Å². The number of aliphatic carboxylic acids is 1. The fourth-order valence-corrected chi connectivity index (χ4v) is 4.35.